The van der Waals surface area contributed by atoms with E-state index >= 15 is 0 Å². The fraction of sp³-hybridized carbons (Fsp3) is 0.167. The van der Waals surface area contributed by atoms with Gasteiger partial charge in [-0.25, -0.2) is 8.78 Å². The van der Waals surface area contributed by atoms with Crippen molar-refractivity contribution in [3.8, 4) is 0 Å². The summed E-state index contributed by atoms with van der Waals surface area (Å²) in [5.41, 5.74) is -1.17. The number of nitrogens with zero attached hydrogens (tertiary/aromatic N) is 1. The lowest BCUT2D eigenvalue weighted by atomic mass is 9.94. The number of rotatable bonds is 3. The highest BCUT2D eigenvalue weighted by atomic mass is 19.1. The molecule has 104 valence electrons. The lowest BCUT2D eigenvalue weighted by molar-refractivity contribution is -0.419. The molecular weight excluding hydrogens is 274 g/mol. The Morgan fingerprint density at radius 1 is 1.25 bits per heavy atom. The van der Waals surface area contributed by atoms with Crippen LogP contribution in [0.5, 0.6) is 0 Å². The summed E-state index contributed by atoms with van der Waals surface area (Å²) in [6.45, 7) is 0. The molecule has 1 aliphatic rings. The fourth-order valence-electron chi connectivity index (χ4n) is 1.85. The summed E-state index contributed by atoms with van der Waals surface area (Å²) in [5.74, 6) is -4.86. The summed E-state index contributed by atoms with van der Waals surface area (Å²) < 4.78 is 26.9. The Balaban J connectivity index is 2.35. The van der Waals surface area contributed by atoms with Gasteiger partial charge in [-0.15, -0.1) is 0 Å². The fourth-order valence-corrected chi connectivity index (χ4v) is 1.85. The highest BCUT2D eigenvalue weighted by Crippen LogP contribution is 2.21. The normalized spacial score (nSPS) is 18.5. The van der Waals surface area contributed by atoms with Crippen molar-refractivity contribution in [2.45, 2.75) is 6.42 Å². The number of carbonyl (C=O) groups excluding carboxylic acids is 2. The molecule has 0 saturated heterocycles. The Kier molecular flexibility index (Phi) is 3.55. The van der Waals surface area contributed by atoms with Crippen LogP contribution in [-0.2, 0) is 16.0 Å². The first-order chi connectivity index (χ1) is 9.40. The summed E-state index contributed by atoms with van der Waals surface area (Å²) in [7, 11) is 0. The molecule has 0 bridgehead atoms. The molecule has 0 aromatic heterocycles. The number of benzene rings is 1. The number of hydrogen-bond acceptors (Lipinski definition) is 4. The van der Waals surface area contributed by atoms with Crippen LogP contribution in [0.15, 0.2) is 30.0 Å². The summed E-state index contributed by atoms with van der Waals surface area (Å²) in [5, 5.41) is 12.4. The largest absolute Gasteiger partial charge is 0.330 e. The average Bonchev–Trinajstić information content (AvgIpc) is 2.35. The molecule has 2 amide bonds. The van der Waals surface area contributed by atoms with Gasteiger partial charge in [0, 0.05) is 11.6 Å². The SMILES string of the molecule is O=C1NC(=O)C(Cc2c(F)cccc2F)C=C1[N+](=O)[O-]. The molecule has 1 heterocycles. The van der Waals surface area contributed by atoms with Crippen LogP contribution >= 0.6 is 0 Å². The van der Waals surface area contributed by atoms with Crippen molar-refractivity contribution in [2.75, 3.05) is 0 Å². The molecule has 6 nitrogen and oxygen atoms in total. The minimum absolute atomic E-state index is 0.360. The standard InChI is InChI=1S/C12H8F2N2O4/c13-8-2-1-3-9(14)7(8)4-6-5-10(16(19)20)12(18)15-11(6)17/h1-3,5-6H,4H2,(H,15,17,18). The molecule has 8 heteroatoms. The predicted octanol–water partition coefficient (Wildman–Crippen LogP) is 0.940. The topological polar surface area (TPSA) is 89.3 Å². The summed E-state index contributed by atoms with van der Waals surface area (Å²) in [4.78, 5) is 32.4. The number of hydrogen-bond donors (Lipinski definition) is 1. The predicted molar refractivity (Wildman–Crippen MR) is 61.8 cm³/mol. The number of carbonyl (C=O) groups is 2. The zero-order valence-electron chi connectivity index (χ0n) is 9.93. The second-order valence-corrected chi connectivity index (χ2v) is 4.14. The van der Waals surface area contributed by atoms with Crippen LogP contribution in [0, 0.1) is 27.7 Å². The van der Waals surface area contributed by atoms with Gasteiger partial charge >= 0.3 is 11.6 Å². The van der Waals surface area contributed by atoms with E-state index in [9.17, 15) is 28.5 Å². The monoisotopic (exact) mass is 282 g/mol. The molecule has 1 N–H and O–H groups in total. The molecule has 0 fully saturated rings. The molecule has 1 unspecified atom stereocenters. The van der Waals surface area contributed by atoms with Gasteiger partial charge in [-0.2, -0.15) is 0 Å². The van der Waals surface area contributed by atoms with E-state index in [4.69, 9.17) is 0 Å². The molecule has 1 aliphatic heterocycles. The number of amides is 2. The maximum Gasteiger partial charge on any atom is 0.330 e. The van der Waals surface area contributed by atoms with E-state index in [0.717, 1.165) is 24.3 Å². The zero-order chi connectivity index (χ0) is 14.9. The highest BCUT2D eigenvalue weighted by molar-refractivity contribution is 6.07. The van der Waals surface area contributed by atoms with Crippen LogP contribution in [0.4, 0.5) is 8.78 Å². The third-order valence-corrected chi connectivity index (χ3v) is 2.85. The van der Waals surface area contributed by atoms with Crippen molar-refractivity contribution in [1.82, 2.24) is 5.32 Å². The minimum atomic E-state index is -1.18. The summed E-state index contributed by atoms with van der Waals surface area (Å²) in [6, 6.07) is 3.20. The third-order valence-electron chi connectivity index (χ3n) is 2.85. The van der Waals surface area contributed by atoms with Gasteiger partial charge in [-0.1, -0.05) is 6.07 Å². The van der Waals surface area contributed by atoms with Gasteiger partial charge in [0.05, 0.1) is 10.8 Å². The Labute approximate surface area is 111 Å². The van der Waals surface area contributed by atoms with E-state index < -0.39 is 46.4 Å². The van der Waals surface area contributed by atoms with Gasteiger partial charge in [-0.3, -0.25) is 25.0 Å². The van der Waals surface area contributed by atoms with Crippen molar-refractivity contribution in [1.29, 1.82) is 0 Å². The summed E-state index contributed by atoms with van der Waals surface area (Å²) in [6.07, 6.45) is 0.405. The van der Waals surface area contributed by atoms with E-state index in [1.807, 2.05) is 0 Å². The molecule has 2 rings (SSSR count). The van der Waals surface area contributed by atoms with Crippen molar-refractivity contribution in [3.63, 3.8) is 0 Å². The number of nitrogens with one attached hydrogen (secondary N) is 1. The van der Waals surface area contributed by atoms with Crippen molar-refractivity contribution in [3.05, 3.63) is 57.3 Å². The molecule has 0 spiro atoms. The Bertz CT molecular complexity index is 622. The smallest absolute Gasteiger partial charge is 0.286 e. The third kappa shape index (κ3) is 2.53. The number of halogens is 2. The van der Waals surface area contributed by atoms with Crippen LogP contribution in [0.25, 0.3) is 0 Å². The molecule has 0 saturated carbocycles. The van der Waals surface area contributed by atoms with Crippen LogP contribution in [0.3, 0.4) is 0 Å². The Morgan fingerprint density at radius 3 is 2.40 bits per heavy atom. The average molecular weight is 282 g/mol. The molecule has 1 atom stereocenters. The Hall–Kier alpha value is -2.64. The first kappa shape index (κ1) is 13.8. The number of nitro groups is 1. The molecule has 20 heavy (non-hydrogen) atoms. The van der Waals surface area contributed by atoms with Crippen molar-refractivity contribution >= 4 is 11.8 Å². The molecule has 0 aliphatic carbocycles. The van der Waals surface area contributed by atoms with E-state index in [1.54, 1.807) is 5.32 Å². The lowest BCUT2D eigenvalue weighted by Gasteiger charge is -2.16. The quantitative estimate of drug-likeness (QED) is 0.507. The Morgan fingerprint density at radius 2 is 1.85 bits per heavy atom. The van der Waals surface area contributed by atoms with Crippen molar-refractivity contribution in [2.24, 2.45) is 5.92 Å². The van der Waals surface area contributed by atoms with Gasteiger partial charge in [0.15, 0.2) is 0 Å². The van der Waals surface area contributed by atoms with E-state index in [-0.39, 0.29) is 5.56 Å². The van der Waals surface area contributed by atoms with Crippen LogP contribution < -0.4 is 5.32 Å². The second-order valence-electron chi connectivity index (χ2n) is 4.14. The minimum Gasteiger partial charge on any atom is -0.286 e. The maximum absolute atomic E-state index is 13.5. The highest BCUT2D eigenvalue weighted by Gasteiger charge is 2.35. The van der Waals surface area contributed by atoms with Crippen LogP contribution in [0.1, 0.15) is 5.56 Å². The maximum atomic E-state index is 13.5. The van der Waals surface area contributed by atoms with Gasteiger partial charge < -0.3 is 0 Å². The number of imide groups is 1. The van der Waals surface area contributed by atoms with Crippen LogP contribution in [-0.4, -0.2) is 16.7 Å². The molecule has 1 aromatic rings. The van der Waals surface area contributed by atoms with E-state index in [0.29, 0.717) is 0 Å². The molecule has 1 aromatic carbocycles. The molecular formula is C12H8F2N2O4. The van der Waals surface area contributed by atoms with Gasteiger partial charge in [-0.05, 0) is 18.6 Å². The second kappa shape index (κ2) is 5.16. The summed E-state index contributed by atoms with van der Waals surface area (Å²) >= 11 is 0. The van der Waals surface area contributed by atoms with Crippen molar-refractivity contribution < 1.29 is 23.3 Å². The van der Waals surface area contributed by atoms with Crippen LogP contribution in [0.2, 0.25) is 0 Å². The van der Waals surface area contributed by atoms with Gasteiger partial charge in [0.2, 0.25) is 5.91 Å². The van der Waals surface area contributed by atoms with E-state index in [1.165, 1.54) is 0 Å². The van der Waals surface area contributed by atoms with Gasteiger partial charge in [0.1, 0.15) is 11.6 Å². The molecule has 0 radical (unpaired) electrons. The first-order valence-corrected chi connectivity index (χ1v) is 5.54. The van der Waals surface area contributed by atoms with Gasteiger partial charge in [0.25, 0.3) is 0 Å². The zero-order valence-corrected chi connectivity index (χ0v) is 9.93. The lowest BCUT2D eigenvalue weighted by Crippen LogP contribution is -2.42. The van der Waals surface area contributed by atoms with E-state index in [2.05, 4.69) is 0 Å². The first-order valence-electron chi connectivity index (χ1n) is 5.54.